The number of amides is 2. The van der Waals surface area contributed by atoms with Crippen LogP contribution in [0.2, 0.25) is 0 Å². The molecule has 0 atom stereocenters. The molecular formula is C12H16N4O4. The average Bonchev–Trinajstić information content (AvgIpc) is 2.38. The number of nitro groups is 1. The Morgan fingerprint density at radius 2 is 2.05 bits per heavy atom. The molecule has 0 saturated carbocycles. The van der Waals surface area contributed by atoms with Crippen LogP contribution in [-0.2, 0) is 4.79 Å². The van der Waals surface area contributed by atoms with Crippen molar-refractivity contribution in [2.24, 2.45) is 0 Å². The minimum absolute atomic E-state index is 0.0774. The summed E-state index contributed by atoms with van der Waals surface area (Å²) in [6, 6.07) is 3.73. The van der Waals surface area contributed by atoms with Gasteiger partial charge in [0.2, 0.25) is 5.91 Å². The van der Waals surface area contributed by atoms with Gasteiger partial charge >= 0.3 is 0 Å². The molecule has 1 aromatic rings. The van der Waals surface area contributed by atoms with E-state index in [9.17, 15) is 19.7 Å². The lowest BCUT2D eigenvalue weighted by Gasteiger charge is -2.06. The van der Waals surface area contributed by atoms with E-state index in [4.69, 9.17) is 5.73 Å². The van der Waals surface area contributed by atoms with Crippen LogP contribution in [0, 0.1) is 10.1 Å². The van der Waals surface area contributed by atoms with Gasteiger partial charge in [-0.2, -0.15) is 0 Å². The molecule has 0 aliphatic rings. The zero-order valence-electron chi connectivity index (χ0n) is 11.0. The summed E-state index contributed by atoms with van der Waals surface area (Å²) < 4.78 is 0. The van der Waals surface area contributed by atoms with E-state index in [-0.39, 0.29) is 35.8 Å². The van der Waals surface area contributed by atoms with Crippen molar-refractivity contribution in [2.45, 2.75) is 13.3 Å². The molecule has 8 heteroatoms. The minimum Gasteiger partial charge on any atom is -0.393 e. The van der Waals surface area contributed by atoms with Gasteiger partial charge in [0.05, 0.1) is 4.92 Å². The van der Waals surface area contributed by atoms with Crippen LogP contribution in [-0.4, -0.2) is 29.8 Å². The molecule has 1 aromatic carbocycles. The monoisotopic (exact) mass is 280 g/mol. The summed E-state index contributed by atoms with van der Waals surface area (Å²) in [5, 5.41) is 15.7. The van der Waals surface area contributed by atoms with E-state index >= 15 is 0 Å². The second-order valence-electron chi connectivity index (χ2n) is 3.99. The van der Waals surface area contributed by atoms with E-state index in [0.29, 0.717) is 6.54 Å². The van der Waals surface area contributed by atoms with Crippen molar-refractivity contribution < 1.29 is 14.5 Å². The van der Waals surface area contributed by atoms with E-state index in [2.05, 4.69) is 10.6 Å². The highest BCUT2D eigenvalue weighted by Crippen LogP contribution is 2.21. The first-order valence-corrected chi connectivity index (χ1v) is 6.04. The van der Waals surface area contributed by atoms with Gasteiger partial charge in [-0.3, -0.25) is 19.7 Å². The molecule has 0 aromatic heterocycles. The summed E-state index contributed by atoms with van der Waals surface area (Å²) in [6.07, 6.45) is 0.169. The van der Waals surface area contributed by atoms with Crippen LogP contribution in [0.3, 0.4) is 0 Å². The van der Waals surface area contributed by atoms with Crippen molar-refractivity contribution in [3.8, 4) is 0 Å². The predicted molar refractivity (Wildman–Crippen MR) is 73.1 cm³/mol. The first kappa shape index (κ1) is 15.4. The number of benzene rings is 1. The van der Waals surface area contributed by atoms with Gasteiger partial charge < -0.3 is 16.4 Å². The number of nitrogens with two attached hydrogens (primary N) is 1. The summed E-state index contributed by atoms with van der Waals surface area (Å²) in [4.78, 5) is 32.9. The molecule has 0 aliphatic carbocycles. The summed E-state index contributed by atoms with van der Waals surface area (Å²) in [5.74, 6) is -0.591. The molecule has 0 unspecified atom stereocenters. The van der Waals surface area contributed by atoms with E-state index < -0.39 is 10.8 Å². The van der Waals surface area contributed by atoms with E-state index in [1.165, 1.54) is 18.2 Å². The number of hydrogen-bond acceptors (Lipinski definition) is 5. The van der Waals surface area contributed by atoms with Gasteiger partial charge in [0.25, 0.3) is 11.6 Å². The van der Waals surface area contributed by atoms with Crippen LogP contribution >= 0.6 is 0 Å². The normalized spacial score (nSPS) is 9.85. The maximum Gasteiger partial charge on any atom is 0.292 e. The smallest absolute Gasteiger partial charge is 0.292 e. The van der Waals surface area contributed by atoms with Crippen LogP contribution < -0.4 is 16.4 Å². The van der Waals surface area contributed by atoms with Gasteiger partial charge in [-0.05, 0) is 19.1 Å². The molecule has 0 heterocycles. The molecular weight excluding hydrogens is 264 g/mol. The Morgan fingerprint density at radius 3 is 2.60 bits per heavy atom. The fourth-order valence-corrected chi connectivity index (χ4v) is 1.54. The van der Waals surface area contributed by atoms with Crippen molar-refractivity contribution >= 4 is 23.2 Å². The maximum atomic E-state index is 11.7. The molecule has 20 heavy (non-hydrogen) atoms. The van der Waals surface area contributed by atoms with Gasteiger partial charge in [0.1, 0.15) is 5.69 Å². The summed E-state index contributed by atoms with van der Waals surface area (Å²) in [5.41, 5.74) is 5.38. The average molecular weight is 280 g/mol. The lowest BCUT2D eigenvalue weighted by Crippen LogP contribution is -2.30. The topological polar surface area (TPSA) is 127 Å². The largest absolute Gasteiger partial charge is 0.393 e. The van der Waals surface area contributed by atoms with E-state index in [1.807, 2.05) is 0 Å². The summed E-state index contributed by atoms with van der Waals surface area (Å²) >= 11 is 0. The van der Waals surface area contributed by atoms with Gasteiger partial charge in [0.15, 0.2) is 0 Å². The third kappa shape index (κ3) is 4.23. The van der Waals surface area contributed by atoms with Crippen LogP contribution in [0.5, 0.6) is 0 Å². The van der Waals surface area contributed by atoms with Crippen LogP contribution in [0.25, 0.3) is 0 Å². The lowest BCUT2D eigenvalue weighted by molar-refractivity contribution is -0.383. The quantitative estimate of drug-likeness (QED) is 0.395. The molecule has 2 amide bonds. The second-order valence-corrected chi connectivity index (χ2v) is 3.99. The highest BCUT2D eigenvalue weighted by Gasteiger charge is 2.14. The molecule has 0 aliphatic heterocycles. The number of nitrogens with zero attached hydrogens (tertiary/aromatic N) is 1. The molecule has 1 rings (SSSR count). The third-order valence-corrected chi connectivity index (χ3v) is 2.50. The molecule has 0 bridgehead atoms. The zero-order valence-corrected chi connectivity index (χ0v) is 11.0. The molecule has 0 radical (unpaired) electrons. The number of anilines is 1. The van der Waals surface area contributed by atoms with Gasteiger partial charge in [-0.1, -0.05) is 0 Å². The molecule has 108 valence electrons. The highest BCUT2D eigenvalue weighted by atomic mass is 16.6. The number of carbonyl (C=O) groups is 2. The van der Waals surface area contributed by atoms with Crippen molar-refractivity contribution in [3.05, 3.63) is 33.9 Å². The Kier molecular flexibility index (Phi) is 5.45. The second kappa shape index (κ2) is 7.07. The van der Waals surface area contributed by atoms with E-state index in [0.717, 1.165) is 0 Å². The van der Waals surface area contributed by atoms with Crippen LogP contribution in [0.1, 0.15) is 23.7 Å². The van der Waals surface area contributed by atoms with Crippen LogP contribution in [0.4, 0.5) is 11.4 Å². The van der Waals surface area contributed by atoms with Gasteiger partial charge in [-0.15, -0.1) is 0 Å². The number of carbonyl (C=O) groups excluding carboxylic acids is 2. The fourth-order valence-electron chi connectivity index (χ4n) is 1.54. The van der Waals surface area contributed by atoms with Crippen molar-refractivity contribution in [2.75, 3.05) is 18.8 Å². The third-order valence-electron chi connectivity index (χ3n) is 2.50. The SMILES string of the molecule is CCNC(=O)CCNC(=O)c1ccc([N+](=O)[O-])c(N)c1. The summed E-state index contributed by atoms with van der Waals surface area (Å²) in [6.45, 7) is 2.52. The molecule has 8 nitrogen and oxygen atoms in total. The standard InChI is InChI=1S/C12H16N4O4/c1-2-14-11(17)5-6-15-12(18)8-3-4-10(16(19)20)9(13)7-8/h3-4,7H,2,5-6,13H2,1H3,(H,14,17)(H,15,18). The fraction of sp³-hybridized carbons (Fsp3) is 0.333. The zero-order chi connectivity index (χ0) is 15.1. The number of hydrogen-bond donors (Lipinski definition) is 3. The Hall–Kier alpha value is -2.64. The number of rotatable bonds is 6. The first-order valence-electron chi connectivity index (χ1n) is 6.04. The maximum absolute atomic E-state index is 11.7. The molecule has 0 spiro atoms. The Bertz CT molecular complexity index is 530. The van der Waals surface area contributed by atoms with Crippen molar-refractivity contribution in [3.63, 3.8) is 0 Å². The summed E-state index contributed by atoms with van der Waals surface area (Å²) in [7, 11) is 0. The number of nitrogen functional groups attached to an aromatic ring is 1. The van der Waals surface area contributed by atoms with Gasteiger partial charge in [0, 0.05) is 31.1 Å². The molecule has 0 saturated heterocycles. The molecule has 4 N–H and O–H groups in total. The van der Waals surface area contributed by atoms with E-state index in [1.54, 1.807) is 6.92 Å². The van der Waals surface area contributed by atoms with Crippen molar-refractivity contribution in [1.29, 1.82) is 0 Å². The first-order chi connectivity index (χ1) is 9.45. The predicted octanol–water partition coefficient (Wildman–Crippen LogP) is 0.433. The molecule has 0 fully saturated rings. The minimum atomic E-state index is -0.619. The highest BCUT2D eigenvalue weighted by molar-refractivity contribution is 5.95. The Labute approximate surface area is 115 Å². The Morgan fingerprint density at radius 1 is 1.35 bits per heavy atom. The number of nitrogens with one attached hydrogen (secondary N) is 2. The number of nitro benzene ring substituents is 1. The van der Waals surface area contributed by atoms with Crippen molar-refractivity contribution in [1.82, 2.24) is 10.6 Å². The van der Waals surface area contributed by atoms with Gasteiger partial charge in [-0.25, -0.2) is 0 Å². The lowest BCUT2D eigenvalue weighted by atomic mass is 10.1. The van der Waals surface area contributed by atoms with Crippen LogP contribution in [0.15, 0.2) is 18.2 Å². The Balaban J connectivity index is 2.58.